The molecule has 0 radical (unpaired) electrons. The van der Waals surface area contributed by atoms with E-state index in [2.05, 4.69) is 63.3 Å². The fraction of sp³-hybridized carbons (Fsp3) is 0.571. The highest BCUT2D eigenvalue weighted by molar-refractivity contribution is 5.54. The van der Waals surface area contributed by atoms with Crippen LogP contribution < -0.4 is 14.8 Å². The Balaban J connectivity index is 1.78. The van der Waals surface area contributed by atoms with Gasteiger partial charge in [-0.3, -0.25) is 0 Å². The van der Waals surface area contributed by atoms with E-state index >= 15 is 0 Å². The Bertz CT molecular complexity index is 849. The number of hydrogen-bond donors (Lipinski definition) is 1. The minimum atomic E-state index is -0.464. The number of methoxy groups -OCH3 is 1. The maximum absolute atomic E-state index is 6.45. The third-order valence-corrected chi connectivity index (χ3v) is 6.15. The normalized spacial score (nSPS) is 18.9. The summed E-state index contributed by atoms with van der Waals surface area (Å²) in [7, 11) is 1.68. The first-order valence-electron chi connectivity index (χ1n) is 12.4. The second-order valence-corrected chi connectivity index (χ2v) is 9.30. The highest BCUT2D eigenvalue weighted by Crippen LogP contribution is 2.44. The molecule has 3 rings (SSSR count). The van der Waals surface area contributed by atoms with E-state index in [1.54, 1.807) is 7.11 Å². The van der Waals surface area contributed by atoms with Crippen LogP contribution in [0.3, 0.4) is 0 Å². The molecule has 0 saturated carbocycles. The van der Waals surface area contributed by atoms with Gasteiger partial charge in [0.15, 0.2) is 0 Å². The molecular weight excluding hydrogens is 414 g/mol. The van der Waals surface area contributed by atoms with E-state index in [9.17, 15) is 0 Å². The molecule has 0 fully saturated rings. The van der Waals surface area contributed by atoms with Crippen LogP contribution in [0.15, 0.2) is 42.5 Å². The lowest BCUT2D eigenvalue weighted by molar-refractivity contribution is -0.163. The fourth-order valence-electron chi connectivity index (χ4n) is 4.17. The molecule has 182 valence electrons. The molecule has 2 aromatic carbocycles. The number of nitrogens with one attached hydrogen (secondary N) is 1. The zero-order valence-electron chi connectivity index (χ0n) is 21.0. The van der Waals surface area contributed by atoms with E-state index in [-0.39, 0.29) is 12.2 Å². The number of fused-ring (bicyclic) bond motifs is 1. The van der Waals surface area contributed by atoms with Gasteiger partial charge in [-0.25, -0.2) is 0 Å². The van der Waals surface area contributed by atoms with Gasteiger partial charge in [0.2, 0.25) is 0 Å². The fourth-order valence-corrected chi connectivity index (χ4v) is 4.17. The lowest BCUT2D eigenvalue weighted by Crippen LogP contribution is -2.51. The SMILES string of the molecule is CCCCCOC1C(OCCCC)c2cc(NCc3ccc(OC)cc3)ccc2OC1(C)C. The zero-order chi connectivity index (χ0) is 23.7. The van der Waals surface area contributed by atoms with Crippen molar-refractivity contribution < 1.29 is 18.9 Å². The first kappa shape index (κ1) is 25.4. The predicted octanol–water partition coefficient (Wildman–Crippen LogP) is 6.91. The topological polar surface area (TPSA) is 49.0 Å². The molecule has 2 unspecified atom stereocenters. The highest BCUT2D eigenvalue weighted by atomic mass is 16.6. The van der Waals surface area contributed by atoms with Crippen LogP contribution in [0.2, 0.25) is 0 Å². The molecule has 1 aliphatic heterocycles. The van der Waals surface area contributed by atoms with Crippen molar-refractivity contribution in [3.05, 3.63) is 53.6 Å². The summed E-state index contributed by atoms with van der Waals surface area (Å²) < 4.78 is 24.5. The van der Waals surface area contributed by atoms with Crippen molar-refractivity contribution in [2.24, 2.45) is 0 Å². The minimum absolute atomic E-state index is 0.153. The van der Waals surface area contributed by atoms with E-state index in [1.165, 1.54) is 18.4 Å². The Morgan fingerprint density at radius 2 is 1.64 bits per heavy atom. The van der Waals surface area contributed by atoms with Gasteiger partial charge in [0.25, 0.3) is 0 Å². The molecule has 0 aromatic heterocycles. The lowest BCUT2D eigenvalue weighted by atomic mass is 9.87. The van der Waals surface area contributed by atoms with E-state index < -0.39 is 5.60 Å². The Morgan fingerprint density at radius 3 is 2.33 bits per heavy atom. The Labute approximate surface area is 199 Å². The summed E-state index contributed by atoms with van der Waals surface area (Å²) in [6, 6.07) is 14.4. The number of ether oxygens (including phenoxy) is 4. The van der Waals surface area contributed by atoms with Crippen molar-refractivity contribution in [2.45, 2.75) is 84.2 Å². The summed E-state index contributed by atoms with van der Waals surface area (Å²) in [5.74, 6) is 1.74. The molecule has 2 aromatic rings. The molecule has 0 bridgehead atoms. The molecule has 2 atom stereocenters. The monoisotopic (exact) mass is 455 g/mol. The van der Waals surface area contributed by atoms with Crippen molar-refractivity contribution >= 4 is 5.69 Å². The van der Waals surface area contributed by atoms with Gasteiger partial charge < -0.3 is 24.3 Å². The summed E-state index contributed by atoms with van der Waals surface area (Å²) in [6.07, 6.45) is 5.23. The predicted molar refractivity (Wildman–Crippen MR) is 134 cm³/mol. The maximum atomic E-state index is 6.45. The molecule has 0 spiro atoms. The van der Waals surface area contributed by atoms with Gasteiger partial charge in [0.05, 0.1) is 7.11 Å². The summed E-state index contributed by atoms with van der Waals surface area (Å²) in [5.41, 5.74) is 2.83. The second-order valence-electron chi connectivity index (χ2n) is 9.30. The Kier molecular flexibility index (Phi) is 9.45. The summed E-state index contributed by atoms with van der Waals surface area (Å²) >= 11 is 0. The standard InChI is InChI=1S/C28H41NO4/c1-6-8-10-18-32-27-26(31-17-9-7-2)24-19-22(13-16-25(24)33-28(27,3)4)29-20-21-11-14-23(30-5)15-12-21/h11-16,19,26-27,29H,6-10,17-18,20H2,1-5H3. The van der Waals surface area contributed by atoms with Gasteiger partial charge in [-0.15, -0.1) is 0 Å². The molecule has 5 nitrogen and oxygen atoms in total. The first-order chi connectivity index (χ1) is 16.0. The van der Waals surface area contributed by atoms with Gasteiger partial charge in [-0.05, 0) is 62.6 Å². The van der Waals surface area contributed by atoms with Crippen molar-refractivity contribution in [3.8, 4) is 11.5 Å². The average Bonchev–Trinajstić information content (AvgIpc) is 2.81. The second kappa shape index (κ2) is 12.3. The van der Waals surface area contributed by atoms with Crippen molar-refractivity contribution in [2.75, 3.05) is 25.6 Å². The summed E-state index contributed by atoms with van der Waals surface area (Å²) in [4.78, 5) is 0. The van der Waals surface area contributed by atoms with Crippen LogP contribution >= 0.6 is 0 Å². The van der Waals surface area contributed by atoms with Gasteiger partial charge in [0, 0.05) is 31.0 Å². The molecule has 1 aliphatic rings. The number of rotatable bonds is 13. The van der Waals surface area contributed by atoms with Gasteiger partial charge in [-0.1, -0.05) is 45.2 Å². The summed E-state index contributed by atoms with van der Waals surface area (Å²) in [5, 5.41) is 3.54. The van der Waals surface area contributed by atoms with Crippen LogP contribution in [0.4, 0.5) is 5.69 Å². The quantitative estimate of drug-likeness (QED) is 0.333. The maximum Gasteiger partial charge on any atom is 0.132 e. The van der Waals surface area contributed by atoms with E-state index in [0.29, 0.717) is 0 Å². The largest absolute Gasteiger partial charge is 0.497 e. The molecule has 1 N–H and O–H groups in total. The van der Waals surface area contributed by atoms with Crippen molar-refractivity contribution in [1.82, 2.24) is 0 Å². The number of benzene rings is 2. The van der Waals surface area contributed by atoms with E-state index in [1.807, 2.05) is 12.1 Å². The molecule has 0 amide bonds. The number of anilines is 1. The Hall–Kier alpha value is -2.24. The molecule has 1 heterocycles. The zero-order valence-corrected chi connectivity index (χ0v) is 21.0. The van der Waals surface area contributed by atoms with Gasteiger partial charge >= 0.3 is 0 Å². The van der Waals surface area contributed by atoms with Crippen molar-refractivity contribution in [3.63, 3.8) is 0 Å². The molecular formula is C28H41NO4. The minimum Gasteiger partial charge on any atom is -0.497 e. The van der Waals surface area contributed by atoms with Gasteiger partial charge in [-0.2, -0.15) is 0 Å². The van der Waals surface area contributed by atoms with Crippen LogP contribution in [0.1, 0.15) is 77.0 Å². The third-order valence-electron chi connectivity index (χ3n) is 6.15. The van der Waals surface area contributed by atoms with Crippen LogP contribution in [-0.2, 0) is 16.0 Å². The smallest absolute Gasteiger partial charge is 0.132 e. The van der Waals surface area contributed by atoms with Crippen LogP contribution in [0.25, 0.3) is 0 Å². The third kappa shape index (κ3) is 6.87. The van der Waals surface area contributed by atoms with Crippen LogP contribution in [-0.4, -0.2) is 32.0 Å². The molecule has 33 heavy (non-hydrogen) atoms. The van der Waals surface area contributed by atoms with Gasteiger partial charge in [0.1, 0.15) is 29.3 Å². The molecule has 0 saturated heterocycles. The summed E-state index contributed by atoms with van der Waals surface area (Å²) in [6.45, 7) is 10.8. The number of hydrogen-bond acceptors (Lipinski definition) is 5. The van der Waals surface area contributed by atoms with Crippen LogP contribution in [0, 0.1) is 0 Å². The number of unbranched alkanes of at least 4 members (excludes halogenated alkanes) is 3. The Morgan fingerprint density at radius 1 is 0.909 bits per heavy atom. The first-order valence-corrected chi connectivity index (χ1v) is 12.4. The molecule has 0 aliphatic carbocycles. The van der Waals surface area contributed by atoms with Crippen molar-refractivity contribution in [1.29, 1.82) is 0 Å². The van der Waals surface area contributed by atoms with Crippen LogP contribution in [0.5, 0.6) is 11.5 Å². The van der Waals surface area contributed by atoms with E-state index in [4.69, 9.17) is 18.9 Å². The van der Waals surface area contributed by atoms with E-state index in [0.717, 1.165) is 61.8 Å². The molecule has 5 heteroatoms. The highest BCUT2D eigenvalue weighted by Gasteiger charge is 2.45. The average molecular weight is 456 g/mol. The lowest BCUT2D eigenvalue weighted by Gasteiger charge is -2.44.